The summed E-state index contributed by atoms with van der Waals surface area (Å²) in [5.74, 6) is -0.218. The van der Waals surface area contributed by atoms with Crippen LogP contribution in [0.25, 0.3) is 0 Å². The van der Waals surface area contributed by atoms with E-state index in [1.807, 2.05) is 35.2 Å². The molecule has 0 saturated carbocycles. The van der Waals surface area contributed by atoms with Gasteiger partial charge >= 0.3 is 6.03 Å². The largest absolute Gasteiger partial charge is 0.339 e. The normalized spacial score (nSPS) is 13.0. The zero-order valence-corrected chi connectivity index (χ0v) is 17.3. The van der Waals surface area contributed by atoms with Gasteiger partial charge in [-0.15, -0.1) is 0 Å². The zero-order chi connectivity index (χ0) is 21.3. The van der Waals surface area contributed by atoms with Crippen LogP contribution < -0.4 is 10.6 Å². The average Bonchev–Trinajstić information content (AvgIpc) is 3.29. The fourth-order valence-electron chi connectivity index (χ4n) is 3.40. The van der Waals surface area contributed by atoms with Crippen LogP contribution in [0, 0.1) is 0 Å². The molecule has 7 nitrogen and oxygen atoms in total. The lowest BCUT2D eigenvalue weighted by molar-refractivity contribution is -0.116. The molecule has 0 aliphatic carbocycles. The van der Waals surface area contributed by atoms with Crippen LogP contribution in [0.15, 0.2) is 54.6 Å². The number of carbonyl (C=O) groups excluding carboxylic acids is 3. The van der Waals surface area contributed by atoms with E-state index in [0.717, 1.165) is 31.5 Å². The van der Waals surface area contributed by atoms with Crippen LogP contribution in [0.1, 0.15) is 35.2 Å². The Labute approximate surface area is 177 Å². The molecule has 0 radical (unpaired) electrons. The molecule has 0 atom stereocenters. The predicted octanol–water partition coefficient (Wildman–Crippen LogP) is 3.09. The van der Waals surface area contributed by atoms with Crippen LogP contribution in [-0.4, -0.2) is 54.3 Å². The van der Waals surface area contributed by atoms with Crippen LogP contribution in [0.4, 0.5) is 10.5 Å². The van der Waals surface area contributed by atoms with Gasteiger partial charge in [-0.2, -0.15) is 0 Å². The summed E-state index contributed by atoms with van der Waals surface area (Å²) in [4.78, 5) is 40.3. The molecule has 0 aromatic heterocycles. The monoisotopic (exact) mass is 408 g/mol. The summed E-state index contributed by atoms with van der Waals surface area (Å²) in [6.07, 6.45) is 2.22. The minimum absolute atomic E-state index is 0.00249. The summed E-state index contributed by atoms with van der Waals surface area (Å²) in [7, 11) is 1.71. The van der Waals surface area contributed by atoms with Crippen molar-refractivity contribution in [2.75, 3.05) is 32.0 Å². The van der Waals surface area contributed by atoms with E-state index in [0.29, 0.717) is 17.8 Å². The number of rotatable bonds is 7. The van der Waals surface area contributed by atoms with Gasteiger partial charge in [0.2, 0.25) is 5.91 Å². The van der Waals surface area contributed by atoms with E-state index in [-0.39, 0.29) is 30.8 Å². The highest BCUT2D eigenvalue weighted by atomic mass is 16.2. The first-order valence-corrected chi connectivity index (χ1v) is 10.2. The number of hydrogen-bond donors (Lipinski definition) is 2. The molecule has 4 amide bonds. The molecule has 0 bridgehead atoms. The summed E-state index contributed by atoms with van der Waals surface area (Å²) in [5, 5.41) is 5.55. The Morgan fingerprint density at radius 3 is 2.47 bits per heavy atom. The summed E-state index contributed by atoms with van der Waals surface area (Å²) in [6, 6.07) is 16.5. The Balaban J connectivity index is 1.42. The highest BCUT2D eigenvalue weighted by Gasteiger charge is 2.19. The Bertz CT molecular complexity index is 879. The van der Waals surface area contributed by atoms with Crippen molar-refractivity contribution in [3.05, 3.63) is 65.7 Å². The van der Waals surface area contributed by atoms with E-state index in [1.165, 1.54) is 0 Å². The smallest absolute Gasteiger partial charge is 0.317 e. The van der Waals surface area contributed by atoms with Gasteiger partial charge in [-0.3, -0.25) is 9.59 Å². The number of likely N-dealkylation sites (tertiary alicyclic amines) is 1. The summed E-state index contributed by atoms with van der Waals surface area (Å²) in [5.41, 5.74) is 2.19. The molecular formula is C23H28N4O3. The minimum Gasteiger partial charge on any atom is -0.339 e. The first kappa shape index (κ1) is 21.4. The maximum atomic E-state index is 12.5. The van der Waals surface area contributed by atoms with Gasteiger partial charge < -0.3 is 20.4 Å². The van der Waals surface area contributed by atoms with E-state index >= 15 is 0 Å². The average molecular weight is 409 g/mol. The van der Waals surface area contributed by atoms with Crippen molar-refractivity contribution in [3.8, 4) is 0 Å². The summed E-state index contributed by atoms with van der Waals surface area (Å²) in [6.45, 7) is 2.30. The highest BCUT2D eigenvalue weighted by molar-refractivity contribution is 5.97. The van der Waals surface area contributed by atoms with E-state index < -0.39 is 0 Å². The molecule has 2 N–H and O–H groups in total. The van der Waals surface area contributed by atoms with Crippen LogP contribution in [0.5, 0.6) is 0 Å². The molecule has 2 aromatic rings. The quantitative estimate of drug-likeness (QED) is 0.739. The molecular weight excluding hydrogens is 380 g/mol. The minimum atomic E-state index is -0.232. The van der Waals surface area contributed by atoms with Crippen molar-refractivity contribution < 1.29 is 14.4 Å². The lowest BCUT2D eigenvalue weighted by Crippen LogP contribution is -2.38. The van der Waals surface area contributed by atoms with Gasteiger partial charge in [0, 0.05) is 50.9 Å². The Hall–Kier alpha value is -3.35. The molecule has 7 heteroatoms. The maximum absolute atomic E-state index is 12.5. The second-order valence-corrected chi connectivity index (χ2v) is 7.45. The first-order chi connectivity index (χ1) is 14.5. The predicted molar refractivity (Wildman–Crippen MR) is 116 cm³/mol. The fraction of sp³-hybridized carbons (Fsp3) is 0.348. The number of nitrogens with one attached hydrogen (secondary N) is 2. The molecule has 1 heterocycles. The van der Waals surface area contributed by atoms with E-state index in [4.69, 9.17) is 0 Å². The van der Waals surface area contributed by atoms with Crippen molar-refractivity contribution >= 4 is 23.5 Å². The highest BCUT2D eigenvalue weighted by Crippen LogP contribution is 2.16. The van der Waals surface area contributed by atoms with Gasteiger partial charge in [-0.1, -0.05) is 36.4 Å². The van der Waals surface area contributed by atoms with Crippen molar-refractivity contribution in [2.45, 2.75) is 25.8 Å². The Morgan fingerprint density at radius 2 is 1.73 bits per heavy atom. The summed E-state index contributed by atoms with van der Waals surface area (Å²) < 4.78 is 0. The fourth-order valence-corrected chi connectivity index (χ4v) is 3.40. The van der Waals surface area contributed by atoms with Crippen LogP contribution >= 0.6 is 0 Å². The number of hydrogen-bond acceptors (Lipinski definition) is 3. The number of benzene rings is 2. The van der Waals surface area contributed by atoms with Gasteiger partial charge in [0.25, 0.3) is 5.91 Å². The van der Waals surface area contributed by atoms with E-state index in [1.54, 1.807) is 36.2 Å². The van der Waals surface area contributed by atoms with Crippen molar-refractivity contribution in [1.29, 1.82) is 0 Å². The van der Waals surface area contributed by atoms with Crippen LogP contribution in [-0.2, 0) is 11.3 Å². The van der Waals surface area contributed by atoms with E-state index in [2.05, 4.69) is 10.6 Å². The van der Waals surface area contributed by atoms with Crippen molar-refractivity contribution in [2.24, 2.45) is 0 Å². The number of urea groups is 1. The first-order valence-electron chi connectivity index (χ1n) is 10.2. The molecule has 1 saturated heterocycles. The van der Waals surface area contributed by atoms with Crippen molar-refractivity contribution in [1.82, 2.24) is 15.1 Å². The van der Waals surface area contributed by atoms with Gasteiger partial charge in [-0.05, 0) is 36.6 Å². The molecule has 1 aliphatic heterocycles. The Morgan fingerprint density at radius 1 is 1.00 bits per heavy atom. The standard InChI is InChI=1S/C23H28N4O3/c1-26(17-18-8-3-2-4-9-18)23(30)24-13-12-21(28)25-20-11-7-10-19(16-20)22(29)27-14-5-6-15-27/h2-4,7-11,16H,5-6,12-15,17H2,1H3,(H,24,30)(H,25,28). The lowest BCUT2D eigenvalue weighted by atomic mass is 10.1. The molecule has 0 unspecified atom stereocenters. The third-order valence-electron chi connectivity index (χ3n) is 5.02. The zero-order valence-electron chi connectivity index (χ0n) is 17.3. The molecule has 30 heavy (non-hydrogen) atoms. The van der Waals surface area contributed by atoms with Gasteiger partial charge in [0.05, 0.1) is 0 Å². The lowest BCUT2D eigenvalue weighted by Gasteiger charge is -2.18. The van der Waals surface area contributed by atoms with Crippen molar-refractivity contribution in [3.63, 3.8) is 0 Å². The number of amides is 4. The number of nitrogens with zero attached hydrogens (tertiary/aromatic N) is 2. The van der Waals surface area contributed by atoms with Gasteiger partial charge in [-0.25, -0.2) is 4.79 Å². The topological polar surface area (TPSA) is 81.8 Å². The molecule has 3 rings (SSSR count). The third-order valence-corrected chi connectivity index (χ3v) is 5.02. The summed E-state index contributed by atoms with van der Waals surface area (Å²) >= 11 is 0. The van der Waals surface area contributed by atoms with Gasteiger partial charge in [0.1, 0.15) is 0 Å². The molecule has 1 fully saturated rings. The molecule has 0 spiro atoms. The van der Waals surface area contributed by atoms with E-state index in [9.17, 15) is 14.4 Å². The molecule has 158 valence electrons. The number of carbonyl (C=O) groups is 3. The van der Waals surface area contributed by atoms with Crippen LogP contribution in [0.3, 0.4) is 0 Å². The van der Waals surface area contributed by atoms with Crippen LogP contribution in [0.2, 0.25) is 0 Å². The second kappa shape index (κ2) is 10.4. The molecule has 1 aliphatic rings. The SMILES string of the molecule is CN(Cc1ccccc1)C(=O)NCCC(=O)Nc1cccc(C(=O)N2CCCC2)c1. The number of anilines is 1. The molecule has 2 aromatic carbocycles. The van der Waals surface area contributed by atoms with Gasteiger partial charge in [0.15, 0.2) is 0 Å². The Kier molecular flexibility index (Phi) is 7.43. The third kappa shape index (κ3) is 6.07. The second-order valence-electron chi connectivity index (χ2n) is 7.45. The maximum Gasteiger partial charge on any atom is 0.317 e.